The van der Waals surface area contributed by atoms with E-state index in [4.69, 9.17) is 0 Å². The Bertz CT molecular complexity index is 546. The molecule has 3 aliphatic heterocycles. The summed E-state index contributed by atoms with van der Waals surface area (Å²) in [5.41, 5.74) is 1.48. The summed E-state index contributed by atoms with van der Waals surface area (Å²) in [4.78, 5) is 16.2. The highest BCUT2D eigenvalue weighted by atomic mass is 32.1. The van der Waals surface area contributed by atoms with Crippen LogP contribution < -0.4 is 10.6 Å². The Morgan fingerprint density at radius 3 is 3.00 bits per heavy atom. The number of rotatable bonds is 5. The molecular weight excluding hydrogens is 306 g/mol. The van der Waals surface area contributed by atoms with E-state index in [-0.39, 0.29) is 5.91 Å². The fourth-order valence-electron chi connectivity index (χ4n) is 4.53. The number of carbonyl (C=O) groups is 1. The van der Waals surface area contributed by atoms with Gasteiger partial charge in [0.15, 0.2) is 0 Å². The van der Waals surface area contributed by atoms with Gasteiger partial charge in [-0.2, -0.15) is 0 Å². The Morgan fingerprint density at radius 2 is 2.17 bits per heavy atom. The molecule has 2 bridgehead atoms. The maximum Gasteiger partial charge on any atom is 0.220 e. The monoisotopic (exact) mass is 333 g/mol. The molecule has 3 aliphatic rings. The highest BCUT2D eigenvalue weighted by Crippen LogP contribution is 2.32. The van der Waals surface area contributed by atoms with Gasteiger partial charge >= 0.3 is 0 Å². The van der Waals surface area contributed by atoms with E-state index in [2.05, 4.69) is 27.0 Å². The van der Waals surface area contributed by atoms with Crippen LogP contribution in [-0.4, -0.2) is 42.5 Å². The molecule has 4 rings (SSSR count). The number of hydrogen-bond donors (Lipinski definition) is 2. The van der Waals surface area contributed by atoms with Crippen LogP contribution >= 0.6 is 11.3 Å². The molecule has 4 heterocycles. The minimum Gasteiger partial charge on any atom is -0.355 e. The van der Waals surface area contributed by atoms with Crippen molar-refractivity contribution >= 4 is 17.2 Å². The molecule has 2 atom stereocenters. The quantitative estimate of drug-likeness (QED) is 0.868. The molecular formula is C18H27N3OS. The van der Waals surface area contributed by atoms with Crippen molar-refractivity contribution in [2.24, 2.45) is 5.92 Å². The van der Waals surface area contributed by atoms with E-state index >= 15 is 0 Å². The van der Waals surface area contributed by atoms with Crippen LogP contribution in [0.5, 0.6) is 0 Å². The van der Waals surface area contributed by atoms with Crippen molar-refractivity contribution in [2.75, 3.05) is 19.6 Å². The Kier molecular flexibility index (Phi) is 4.69. The van der Waals surface area contributed by atoms with Crippen LogP contribution in [0, 0.1) is 5.92 Å². The fourth-order valence-corrected chi connectivity index (χ4v) is 5.42. The van der Waals surface area contributed by atoms with Crippen molar-refractivity contribution in [1.82, 2.24) is 15.5 Å². The summed E-state index contributed by atoms with van der Waals surface area (Å²) < 4.78 is 0. The van der Waals surface area contributed by atoms with E-state index in [1.807, 2.05) is 11.3 Å². The first-order chi connectivity index (χ1) is 11.3. The maximum atomic E-state index is 12.2. The van der Waals surface area contributed by atoms with Crippen molar-refractivity contribution in [1.29, 1.82) is 0 Å². The molecule has 0 aliphatic carbocycles. The molecule has 1 aromatic rings. The van der Waals surface area contributed by atoms with Crippen LogP contribution in [0.4, 0.5) is 0 Å². The third-order valence-corrected chi connectivity index (χ3v) is 6.70. The van der Waals surface area contributed by atoms with Gasteiger partial charge in [0.05, 0.1) is 0 Å². The van der Waals surface area contributed by atoms with Gasteiger partial charge in [0, 0.05) is 49.6 Å². The Balaban J connectivity index is 1.16. The Labute approximate surface area is 142 Å². The smallest absolute Gasteiger partial charge is 0.220 e. The summed E-state index contributed by atoms with van der Waals surface area (Å²) in [6.07, 6.45) is 6.89. The lowest BCUT2D eigenvalue weighted by Crippen LogP contribution is -2.41. The summed E-state index contributed by atoms with van der Waals surface area (Å²) in [7, 11) is 0. The van der Waals surface area contributed by atoms with Gasteiger partial charge in [-0.3, -0.25) is 9.69 Å². The number of amides is 1. The van der Waals surface area contributed by atoms with Gasteiger partial charge in [-0.15, -0.1) is 11.3 Å². The van der Waals surface area contributed by atoms with E-state index < -0.39 is 0 Å². The second kappa shape index (κ2) is 6.91. The van der Waals surface area contributed by atoms with E-state index in [1.165, 1.54) is 37.7 Å². The first kappa shape index (κ1) is 15.6. The maximum absolute atomic E-state index is 12.2. The van der Waals surface area contributed by atoms with Gasteiger partial charge in [-0.05, 0) is 55.0 Å². The number of nitrogens with one attached hydrogen (secondary N) is 2. The van der Waals surface area contributed by atoms with Crippen molar-refractivity contribution in [3.8, 4) is 0 Å². The third-order valence-electron chi connectivity index (χ3n) is 5.68. The van der Waals surface area contributed by atoms with Crippen molar-refractivity contribution in [3.05, 3.63) is 21.9 Å². The summed E-state index contributed by atoms with van der Waals surface area (Å²) in [5, 5.41) is 8.99. The van der Waals surface area contributed by atoms with Gasteiger partial charge in [-0.1, -0.05) is 0 Å². The standard InChI is InChI=1S/C18H27N3OS/c22-18(11-13-9-15-1-2-16(10-13)20-15)19-5-7-21-6-3-17-14(12-21)4-8-23-17/h4,8,13,15-16,20H,1-3,5-7,9-12H2,(H,19,22). The van der Waals surface area contributed by atoms with Crippen molar-refractivity contribution in [3.63, 3.8) is 0 Å². The predicted molar refractivity (Wildman–Crippen MR) is 93.6 cm³/mol. The molecule has 23 heavy (non-hydrogen) atoms. The van der Waals surface area contributed by atoms with Gasteiger partial charge < -0.3 is 10.6 Å². The second-order valence-corrected chi connectivity index (χ2v) is 8.43. The van der Waals surface area contributed by atoms with Gasteiger partial charge in [0.2, 0.25) is 5.91 Å². The van der Waals surface area contributed by atoms with E-state index in [9.17, 15) is 4.79 Å². The third kappa shape index (κ3) is 3.78. The van der Waals surface area contributed by atoms with Crippen LogP contribution in [0.3, 0.4) is 0 Å². The van der Waals surface area contributed by atoms with E-state index in [0.717, 1.165) is 32.6 Å². The van der Waals surface area contributed by atoms with E-state index in [0.29, 0.717) is 18.0 Å². The van der Waals surface area contributed by atoms with Crippen LogP contribution in [0.15, 0.2) is 11.4 Å². The highest BCUT2D eigenvalue weighted by molar-refractivity contribution is 7.10. The lowest BCUT2D eigenvalue weighted by molar-refractivity contribution is -0.122. The molecule has 0 aromatic carbocycles. The first-order valence-electron chi connectivity index (χ1n) is 9.06. The van der Waals surface area contributed by atoms with Crippen LogP contribution in [-0.2, 0) is 17.8 Å². The molecule has 5 heteroatoms. The van der Waals surface area contributed by atoms with Crippen LogP contribution in [0.1, 0.15) is 42.5 Å². The van der Waals surface area contributed by atoms with Gasteiger partial charge in [0.25, 0.3) is 0 Å². The number of fused-ring (bicyclic) bond motifs is 3. The number of carbonyl (C=O) groups excluding carboxylic acids is 1. The molecule has 1 amide bonds. The SMILES string of the molecule is O=C(CC1CC2CCC(C1)N2)NCCN1CCc2sccc2C1. The largest absolute Gasteiger partial charge is 0.355 e. The fraction of sp³-hybridized carbons (Fsp3) is 0.722. The average molecular weight is 334 g/mol. The number of hydrogen-bond acceptors (Lipinski definition) is 4. The average Bonchev–Trinajstić information content (AvgIpc) is 3.13. The summed E-state index contributed by atoms with van der Waals surface area (Å²) in [6, 6.07) is 3.61. The second-order valence-electron chi connectivity index (χ2n) is 7.42. The van der Waals surface area contributed by atoms with Crippen molar-refractivity contribution < 1.29 is 4.79 Å². The number of piperidine rings is 1. The minimum absolute atomic E-state index is 0.254. The normalized spacial score (nSPS) is 30.2. The molecule has 0 saturated carbocycles. The van der Waals surface area contributed by atoms with Gasteiger partial charge in [0.1, 0.15) is 0 Å². The molecule has 126 valence electrons. The Morgan fingerprint density at radius 1 is 1.35 bits per heavy atom. The highest BCUT2D eigenvalue weighted by Gasteiger charge is 2.34. The summed E-state index contributed by atoms with van der Waals surface area (Å²) >= 11 is 1.88. The molecule has 0 spiro atoms. The lowest BCUT2D eigenvalue weighted by atomic mass is 9.89. The molecule has 1 aromatic heterocycles. The summed E-state index contributed by atoms with van der Waals surface area (Å²) in [6.45, 7) is 3.93. The zero-order valence-corrected chi connectivity index (χ0v) is 14.5. The molecule has 2 fully saturated rings. The topological polar surface area (TPSA) is 44.4 Å². The summed E-state index contributed by atoms with van der Waals surface area (Å²) in [5.74, 6) is 0.849. The predicted octanol–water partition coefficient (Wildman–Crippen LogP) is 2.14. The van der Waals surface area contributed by atoms with Crippen molar-refractivity contribution in [2.45, 2.75) is 57.2 Å². The number of nitrogens with zero attached hydrogens (tertiary/aromatic N) is 1. The molecule has 2 saturated heterocycles. The lowest BCUT2D eigenvalue weighted by Gasteiger charge is -2.29. The molecule has 2 unspecified atom stereocenters. The van der Waals surface area contributed by atoms with E-state index in [1.54, 1.807) is 4.88 Å². The zero-order chi connectivity index (χ0) is 15.6. The zero-order valence-electron chi connectivity index (χ0n) is 13.7. The Hall–Kier alpha value is -0.910. The first-order valence-corrected chi connectivity index (χ1v) is 9.94. The molecule has 2 N–H and O–H groups in total. The van der Waals surface area contributed by atoms with Gasteiger partial charge in [-0.25, -0.2) is 0 Å². The minimum atomic E-state index is 0.254. The van der Waals surface area contributed by atoms with Crippen LogP contribution in [0.2, 0.25) is 0 Å². The van der Waals surface area contributed by atoms with Crippen LogP contribution in [0.25, 0.3) is 0 Å². The molecule has 4 nitrogen and oxygen atoms in total. The number of thiophene rings is 1. The molecule has 0 radical (unpaired) electrons.